The minimum absolute atomic E-state index is 0.323. The zero-order valence-corrected chi connectivity index (χ0v) is 12.7. The normalized spacial score (nSPS) is 42.3. The SMILES string of the molecule is CNCCc1ncc(C23CC4CC(CC(C)(C4)C2)C3)o1. The number of hydrogen-bond acceptors (Lipinski definition) is 3. The van der Waals surface area contributed by atoms with E-state index in [0.717, 1.165) is 30.7 Å². The first-order valence-electron chi connectivity index (χ1n) is 8.21. The lowest BCUT2D eigenvalue weighted by Gasteiger charge is -2.60. The highest BCUT2D eigenvalue weighted by Gasteiger charge is 2.57. The van der Waals surface area contributed by atoms with Crippen LogP contribution in [0, 0.1) is 17.3 Å². The van der Waals surface area contributed by atoms with Crippen molar-refractivity contribution >= 4 is 0 Å². The van der Waals surface area contributed by atoms with E-state index in [9.17, 15) is 0 Å². The second kappa shape index (κ2) is 4.33. The molecule has 0 aliphatic heterocycles. The molecule has 1 aromatic rings. The third kappa shape index (κ3) is 1.93. The summed E-state index contributed by atoms with van der Waals surface area (Å²) in [6.45, 7) is 3.45. The minimum atomic E-state index is 0.323. The number of nitrogens with zero attached hydrogens (tertiary/aromatic N) is 1. The minimum Gasteiger partial charge on any atom is -0.445 e. The van der Waals surface area contributed by atoms with Gasteiger partial charge in [-0.1, -0.05) is 6.92 Å². The van der Waals surface area contributed by atoms with E-state index in [0.29, 0.717) is 10.8 Å². The van der Waals surface area contributed by atoms with Crippen LogP contribution in [-0.2, 0) is 11.8 Å². The van der Waals surface area contributed by atoms with Gasteiger partial charge in [0.05, 0.1) is 6.20 Å². The number of rotatable bonds is 4. The Bertz CT molecular complexity index is 493. The van der Waals surface area contributed by atoms with Gasteiger partial charge >= 0.3 is 0 Å². The number of aromatic nitrogens is 1. The predicted molar refractivity (Wildman–Crippen MR) is 78.6 cm³/mol. The van der Waals surface area contributed by atoms with E-state index in [2.05, 4.69) is 17.2 Å². The molecule has 0 saturated heterocycles. The maximum absolute atomic E-state index is 6.16. The standard InChI is InChI=1S/C17H26N2O/c1-16-6-12-5-13(7-16)9-17(8-12,11-16)14-10-19-15(20-14)3-4-18-2/h10,12-13,18H,3-9,11H2,1-2H3. The molecular formula is C17H26N2O. The summed E-state index contributed by atoms with van der Waals surface area (Å²) in [5, 5.41) is 3.17. The number of oxazole rings is 1. The van der Waals surface area contributed by atoms with Crippen molar-refractivity contribution in [2.24, 2.45) is 17.3 Å². The topological polar surface area (TPSA) is 38.1 Å². The zero-order valence-electron chi connectivity index (χ0n) is 12.7. The molecular weight excluding hydrogens is 248 g/mol. The van der Waals surface area contributed by atoms with E-state index >= 15 is 0 Å². The summed E-state index contributed by atoms with van der Waals surface area (Å²) in [5.41, 5.74) is 0.895. The predicted octanol–water partition coefficient (Wildman–Crippen LogP) is 3.29. The molecule has 1 heterocycles. The molecule has 0 amide bonds. The lowest BCUT2D eigenvalue weighted by molar-refractivity contribution is -0.0692. The molecule has 4 bridgehead atoms. The van der Waals surface area contributed by atoms with E-state index in [1.165, 1.54) is 44.3 Å². The summed E-state index contributed by atoms with van der Waals surface area (Å²) in [4.78, 5) is 4.53. The molecule has 1 N–H and O–H groups in total. The third-order valence-electron chi connectivity index (χ3n) is 6.02. The molecule has 110 valence electrons. The van der Waals surface area contributed by atoms with Crippen molar-refractivity contribution in [3.63, 3.8) is 0 Å². The maximum Gasteiger partial charge on any atom is 0.195 e. The maximum atomic E-state index is 6.16. The quantitative estimate of drug-likeness (QED) is 0.915. The van der Waals surface area contributed by atoms with Crippen LogP contribution in [0.3, 0.4) is 0 Å². The largest absolute Gasteiger partial charge is 0.445 e. The molecule has 4 fully saturated rings. The molecule has 0 radical (unpaired) electrons. The van der Waals surface area contributed by atoms with Crippen LogP contribution < -0.4 is 5.32 Å². The van der Waals surface area contributed by atoms with Gasteiger partial charge in [-0.3, -0.25) is 0 Å². The van der Waals surface area contributed by atoms with Crippen LogP contribution >= 0.6 is 0 Å². The Morgan fingerprint density at radius 2 is 2.05 bits per heavy atom. The lowest BCUT2D eigenvalue weighted by atomic mass is 9.44. The van der Waals surface area contributed by atoms with Gasteiger partial charge in [-0.25, -0.2) is 4.98 Å². The summed E-state index contributed by atoms with van der Waals surface area (Å²) < 4.78 is 6.16. The molecule has 5 rings (SSSR count). The molecule has 2 atom stereocenters. The second-order valence-electron chi connectivity index (χ2n) is 8.02. The fraction of sp³-hybridized carbons (Fsp3) is 0.824. The molecule has 0 spiro atoms. The molecule has 4 saturated carbocycles. The fourth-order valence-corrected chi connectivity index (χ4v) is 5.91. The smallest absolute Gasteiger partial charge is 0.195 e. The second-order valence-corrected chi connectivity index (χ2v) is 8.02. The monoisotopic (exact) mass is 274 g/mol. The zero-order chi connectivity index (χ0) is 13.8. The van der Waals surface area contributed by atoms with Gasteiger partial charge in [0.1, 0.15) is 5.76 Å². The summed E-state index contributed by atoms with van der Waals surface area (Å²) in [5.74, 6) is 3.98. The number of nitrogens with one attached hydrogen (secondary N) is 1. The van der Waals surface area contributed by atoms with Crippen LogP contribution in [0.15, 0.2) is 10.6 Å². The molecule has 4 aliphatic rings. The number of hydrogen-bond donors (Lipinski definition) is 1. The van der Waals surface area contributed by atoms with E-state index < -0.39 is 0 Å². The van der Waals surface area contributed by atoms with Crippen molar-refractivity contribution in [2.45, 2.75) is 57.3 Å². The van der Waals surface area contributed by atoms with E-state index in [4.69, 9.17) is 4.42 Å². The molecule has 3 nitrogen and oxygen atoms in total. The Morgan fingerprint density at radius 3 is 2.70 bits per heavy atom. The van der Waals surface area contributed by atoms with Crippen LogP contribution in [0.2, 0.25) is 0 Å². The van der Waals surface area contributed by atoms with Gasteiger partial charge in [0.25, 0.3) is 0 Å². The molecule has 1 aromatic heterocycles. The van der Waals surface area contributed by atoms with E-state index in [-0.39, 0.29) is 0 Å². The van der Waals surface area contributed by atoms with Crippen LogP contribution in [0.25, 0.3) is 0 Å². The first kappa shape index (κ1) is 12.9. The first-order chi connectivity index (χ1) is 9.61. The summed E-state index contributed by atoms with van der Waals surface area (Å²) in [7, 11) is 1.98. The van der Waals surface area contributed by atoms with Gasteiger partial charge in [-0.2, -0.15) is 0 Å². The highest BCUT2D eigenvalue weighted by atomic mass is 16.4. The van der Waals surface area contributed by atoms with Crippen molar-refractivity contribution in [3.8, 4) is 0 Å². The van der Waals surface area contributed by atoms with Gasteiger partial charge in [0.2, 0.25) is 0 Å². The van der Waals surface area contributed by atoms with Gasteiger partial charge in [-0.15, -0.1) is 0 Å². The summed E-state index contributed by atoms with van der Waals surface area (Å²) in [6, 6.07) is 0. The van der Waals surface area contributed by atoms with Crippen LogP contribution in [-0.4, -0.2) is 18.6 Å². The van der Waals surface area contributed by atoms with Crippen molar-refractivity contribution in [2.75, 3.05) is 13.6 Å². The van der Waals surface area contributed by atoms with Gasteiger partial charge in [-0.05, 0) is 62.8 Å². The fourth-order valence-electron chi connectivity index (χ4n) is 5.91. The highest BCUT2D eigenvalue weighted by Crippen LogP contribution is 2.65. The Hall–Kier alpha value is -0.830. The van der Waals surface area contributed by atoms with Gasteiger partial charge in [0, 0.05) is 18.4 Å². The first-order valence-corrected chi connectivity index (χ1v) is 8.21. The van der Waals surface area contributed by atoms with Crippen molar-refractivity contribution in [1.82, 2.24) is 10.3 Å². The Labute approximate surface area is 121 Å². The van der Waals surface area contributed by atoms with E-state index in [1.54, 1.807) is 0 Å². The van der Waals surface area contributed by atoms with Crippen LogP contribution in [0.5, 0.6) is 0 Å². The average molecular weight is 274 g/mol. The Morgan fingerprint density at radius 1 is 1.30 bits per heavy atom. The van der Waals surface area contributed by atoms with Crippen LogP contribution in [0.1, 0.15) is 57.1 Å². The third-order valence-corrected chi connectivity index (χ3v) is 6.02. The molecule has 0 aromatic carbocycles. The van der Waals surface area contributed by atoms with Crippen molar-refractivity contribution in [3.05, 3.63) is 17.8 Å². The number of likely N-dealkylation sites (N-methyl/N-ethyl adjacent to an activating group) is 1. The highest BCUT2D eigenvalue weighted by molar-refractivity contribution is 5.21. The summed E-state index contributed by atoms with van der Waals surface area (Å²) in [6.07, 6.45) is 11.3. The molecule has 3 heteroatoms. The van der Waals surface area contributed by atoms with Crippen molar-refractivity contribution < 1.29 is 4.42 Å². The van der Waals surface area contributed by atoms with Gasteiger partial charge in [0.15, 0.2) is 5.89 Å². The Balaban J connectivity index is 1.62. The average Bonchev–Trinajstić information content (AvgIpc) is 2.82. The lowest BCUT2D eigenvalue weighted by Crippen LogP contribution is -2.52. The molecule has 4 aliphatic carbocycles. The molecule has 20 heavy (non-hydrogen) atoms. The van der Waals surface area contributed by atoms with Crippen LogP contribution in [0.4, 0.5) is 0 Å². The summed E-state index contributed by atoms with van der Waals surface area (Å²) >= 11 is 0. The van der Waals surface area contributed by atoms with E-state index in [1.807, 2.05) is 13.2 Å². The molecule has 2 unspecified atom stereocenters. The van der Waals surface area contributed by atoms with Gasteiger partial charge < -0.3 is 9.73 Å². The Kier molecular flexibility index (Phi) is 2.79. The van der Waals surface area contributed by atoms with Crippen molar-refractivity contribution in [1.29, 1.82) is 0 Å².